The maximum atomic E-state index is 11.8. The van der Waals surface area contributed by atoms with Gasteiger partial charge in [0.05, 0.1) is 10.5 Å². The van der Waals surface area contributed by atoms with Crippen LogP contribution in [0.4, 0.5) is 111 Å². The molecule has 0 fully saturated rings. The van der Waals surface area contributed by atoms with Gasteiger partial charge in [0.15, 0.2) is 19.9 Å². The Morgan fingerprint density at radius 1 is 0.553 bits per heavy atom. The van der Waals surface area contributed by atoms with Crippen LogP contribution in [0.15, 0.2) is 36.4 Å². The lowest BCUT2D eigenvalue weighted by molar-refractivity contribution is -0.383. The molecule has 0 atom stereocenters. The molecule has 0 bridgehead atoms. The number of diazo groups is 4. The number of halogens is 19. The van der Waals surface area contributed by atoms with Gasteiger partial charge in [-0.2, -0.15) is 13.2 Å². The van der Waals surface area contributed by atoms with Gasteiger partial charge in [0.25, 0.3) is 0 Å². The maximum Gasteiger partial charge on any atom is 0.673 e. The second-order valence-electron chi connectivity index (χ2n) is 6.46. The Kier molecular flexibility index (Phi) is 21.1. The van der Waals surface area contributed by atoms with Gasteiger partial charge in [0, 0.05) is 0 Å². The highest BCUT2D eigenvalue weighted by atomic mass is 19.5. The Morgan fingerprint density at radius 2 is 0.851 bits per heavy atom. The number of benzene rings is 2. The second kappa shape index (κ2) is 20.5. The van der Waals surface area contributed by atoms with Crippen molar-refractivity contribution in [2.75, 3.05) is 0 Å². The summed E-state index contributed by atoms with van der Waals surface area (Å²) in [5.74, 6) is 0. The van der Waals surface area contributed by atoms with E-state index in [2.05, 4.69) is 19.9 Å². The van der Waals surface area contributed by atoms with Crippen LogP contribution < -0.4 is 0 Å². The van der Waals surface area contributed by atoms with Gasteiger partial charge in [-0.05, 0) is 0 Å². The van der Waals surface area contributed by atoms with E-state index >= 15 is 0 Å². The van der Waals surface area contributed by atoms with Crippen LogP contribution in [0.2, 0.25) is 0 Å². The van der Waals surface area contributed by atoms with Gasteiger partial charge >= 0.3 is 63.6 Å². The van der Waals surface area contributed by atoms with Crippen LogP contribution in [0.1, 0.15) is 5.56 Å². The molecule has 0 spiro atoms. The summed E-state index contributed by atoms with van der Waals surface area (Å²) in [5.41, 5.74) is -3.96. The molecular weight excluding hydrogens is 718 g/mol. The number of hydrogen-bond acceptors (Lipinski definition) is 6. The minimum Gasteiger partial charge on any atom is -0.418 e. The molecule has 11 nitrogen and oxygen atoms in total. The van der Waals surface area contributed by atoms with Crippen molar-refractivity contribution in [3.05, 3.63) is 72.0 Å². The van der Waals surface area contributed by atoms with E-state index in [1.807, 2.05) is 0 Å². The van der Waals surface area contributed by atoms with E-state index in [0.29, 0.717) is 6.07 Å². The third kappa shape index (κ3) is 36.5. The number of alkyl halides is 3. The van der Waals surface area contributed by atoms with Crippen LogP contribution in [0.25, 0.3) is 19.9 Å². The zero-order valence-electron chi connectivity index (χ0n) is 21.3. The lowest BCUT2D eigenvalue weighted by Crippen LogP contribution is -2.03. The molecular formula is C13H6B4F19N9O2. The average Bonchev–Trinajstić information content (AvgIpc) is 2.83. The number of nitrogens with zero attached hydrogens (tertiary/aromatic N) is 9. The number of nitro benzene ring substituents is 1. The van der Waals surface area contributed by atoms with E-state index in [-0.39, 0.29) is 0 Å². The van der Waals surface area contributed by atoms with Crippen molar-refractivity contribution in [2.24, 2.45) is 0 Å². The zero-order valence-corrected chi connectivity index (χ0v) is 21.3. The quantitative estimate of drug-likeness (QED) is 0.0936. The summed E-state index contributed by atoms with van der Waals surface area (Å²) < 4.78 is 191. The fraction of sp³-hybridized carbons (Fsp3) is 0.0769. The highest BCUT2D eigenvalue weighted by Gasteiger charge is 2.55. The third-order valence-corrected chi connectivity index (χ3v) is 2.91. The monoisotopic (exact) mass is 725 g/mol. The minimum atomic E-state index is -6.00. The second-order valence-corrected chi connectivity index (χ2v) is 6.46. The van der Waals surface area contributed by atoms with Crippen molar-refractivity contribution in [3.63, 3.8) is 0 Å². The van der Waals surface area contributed by atoms with Crippen LogP contribution in [-0.2, 0) is 6.18 Å². The Morgan fingerprint density at radius 3 is 1.04 bits per heavy atom. The van der Waals surface area contributed by atoms with Crippen molar-refractivity contribution in [1.82, 2.24) is 0 Å². The molecule has 0 N–H and O–H groups in total. The van der Waals surface area contributed by atoms with Gasteiger partial charge in [-0.3, -0.25) is 10.1 Å². The van der Waals surface area contributed by atoms with Crippen LogP contribution in [0, 0.1) is 31.7 Å². The highest BCUT2D eigenvalue weighted by Crippen LogP contribution is 2.50. The van der Waals surface area contributed by atoms with E-state index in [9.17, 15) is 92.3 Å². The fourth-order valence-corrected chi connectivity index (χ4v) is 1.76. The van der Waals surface area contributed by atoms with Crippen LogP contribution in [0.3, 0.4) is 0 Å². The first-order valence-electron chi connectivity index (χ1n) is 10.1. The predicted octanol–water partition coefficient (Wildman–Crippen LogP) is 11.4. The standard InChI is InChI=1S/C7H5F3.C6HN9O2.4BF4/c8-7(9,10)6-4-2-1-3-5-6;7-11-2-1-3(15(16)17)5(13-9)6(14-10)4(2)12-8;4*2-1(3,4)5/h1-5H;1H;;;;/q;+4;4*-1. The average molecular weight is 724 g/mol. The summed E-state index contributed by atoms with van der Waals surface area (Å²) in [6.45, 7) is 0. The Balaban J connectivity index is -0.000000262. The number of hydrogen-bond donors (Lipinski definition) is 0. The first kappa shape index (κ1) is 48.4. The molecule has 0 saturated carbocycles. The van der Waals surface area contributed by atoms with E-state index in [1.54, 1.807) is 6.07 Å². The van der Waals surface area contributed by atoms with Crippen molar-refractivity contribution >= 4 is 57.5 Å². The smallest absolute Gasteiger partial charge is 0.418 e. The summed E-state index contributed by atoms with van der Waals surface area (Å²) in [5, 5.41) is 45.0. The van der Waals surface area contributed by atoms with Crippen molar-refractivity contribution in [3.8, 4) is 0 Å². The van der Waals surface area contributed by atoms with Gasteiger partial charge in [0.2, 0.25) is 21.6 Å². The topological polar surface area (TPSA) is 156 Å². The van der Waals surface area contributed by atoms with Crippen molar-refractivity contribution in [2.45, 2.75) is 6.18 Å². The van der Waals surface area contributed by atoms with E-state index in [0.717, 1.165) is 12.1 Å². The highest BCUT2D eigenvalue weighted by molar-refractivity contribution is 6.51. The van der Waals surface area contributed by atoms with Gasteiger partial charge in [0.1, 0.15) is 6.07 Å². The van der Waals surface area contributed by atoms with E-state index in [4.69, 9.17) is 21.6 Å². The van der Waals surface area contributed by atoms with Gasteiger partial charge < -0.3 is 69.1 Å². The largest absolute Gasteiger partial charge is 0.673 e. The van der Waals surface area contributed by atoms with Gasteiger partial charge in [-0.25, -0.2) is 0 Å². The Bertz CT molecular complexity index is 1370. The number of nitro groups is 1. The third-order valence-electron chi connectivity index (χ3n) is 2.91. The molecule has 2 aromatic carbocycles. The molecule has 34 heteroatoms. The van der Waals surface area contributed by atoms with Crippen LogP contribution >= 0.6 is 0 Å². The van der Waals surface area contributed by atoms with E-state index in [1.165, 1.54) is 12.1 Å². The number of rotatable bonds is 1. The van der Waals surface area contributed by atoms with Gasteiger partial charge in [-0.1, -0.05) is 30.3 Å². The molecule has 0 aliphatic carbocycles. The summed E-state index contributed by atoms with van der Waals surface area (Å²) in [4.78, 5) is 20.0. The summed E-state index contributed by atoms with van der Waals surface area (Å²) in [6, 6.07) is 7.04. The molecule has 47 heavy (non-hydrogen) atoms. The van der Waals surface area contributed by atoms with Crippen molar-refractivity contribution < 1.29 is 87.1 Å². The van der Waals surface area contributed by atoms with Crippen LogP contribution in [0.5, 0.6) is 0 Å². The molecule has 2 rings (SSSR count). The van der Waals surface area contributed by atoms with E-state index < -0.39 is 74.1 Å². The first-order valence-corrected chi connectivity index (χ1v) is 10.1. The molecule has 0 radical (unpaired) electrons. The predicted molar refractivity (Wildman–Crippen MR) is 124 cm³/mol. The van der Waals surface area contributed by atoms with Crippen LogP contribution in [-0.4, -0.2) is 33.9 Å². The summed E-state index contributed by atoms with van der Waals surface area (Å²) in [6.07, 6.45) is -4.21. The molecule has 2 aromatic rings. The maximum absolute atomic E-state index is 11.8. The lowest BCUT2D eigenvalue weighted by Gasteiger charge is -2.03. The summed E-state index contributed by atoms with van der Waals surface area (Å²) >= 11 is 0. The Labute approximate surface area is 245 Å². The molecule has 0 amide bonds. The zero-order chi connectivity index (χ0) is 38.6. The molecule has 260 valence electrons. The molecule has 0 aliphatic rings. The summed E-state index contributed by atoms with van der Waals surface area (Å²) in [7, 11) is -24.0. The first-order chi connectivity index (χ1) is 20.7. The van der Waals surface area contributed by atoms with Gasteiger partial charge in [-0.15, -0.1) is 0 Å². The SMILES string of the molecule is FC(F)(F)c1ccccc1.F[B-](F)(F)F.F[B-](F)(F)F.F[B-](F)(F)F.F[B-](F)(F)F.N#[N+]c1cc([N+](=O)[O-])c([N+]#N)c([N+]#N)c1[N+]#N. The minimum absolute atomic E-state index is 0.528. The molecule has 0 aromatic heterocycles. The van der Waals surface area contributed by atoms with Crippen molar-refractivity contribution in [1.29, 1.82) is 21.6 Å². The molecule has 0 saturated heterocycles. The lowest BCUT2D eigenvalue weighted by atomic mass is 10.2. The Hall–Kier alpha value is -5.55. The molecule has 0 aliphatic heterocycles. The molecule has 0 unspecified atom stereocenters. The fourth-order valence-electron chi connectivity index (χ4n) is 1.76. The molecule has 0 heterocycles. The normalized spacial score (nSPS) is 10.5.